The fourth-order valence-electron chi connectivity index (χ4n) is 5.16. The second kappa shape index (κ2) is 5.91. The summed E-state index contributed by atoms with van der Waals surface area (Å²) in [6.45, 7) is 6.88. The van der Waals surface area contributed by atoms with Crippen LogP contribution >= 0.6 is 0 Å². The second-order valence-electron chi connectivity index (χ2n) is 8.70. The summed E-state index contributed by atoms with van der Waals surface area (Å²) in [5, 5.41) is 3.64. The van der Waals surface area contributed by atoms with E-state index in [9.17, 15) is 4.79 Å². The Kier molecular flexibility index (Phi) is 4.31. The van der Waals surface area contributed by atoms with Gasteiger partial charge in [-0.2, -0.15) is 0 Å². The van der Waals surface area contributed by atoms with Crippen molar-refractivity contribution < 1.29 is 9.53 Å². The third-order valence-corrected chi connectivity index (χ3v) is 5.67. The Morgan fingerprint density at radius 1 is 1.14 bits per heavy atom. The Labute approximate surface area is 129 Å². The molecule has 1 aliphatic carbocycles. The Morgan fingerprint density at radius 3 is 2.43 bits per heavy atom. The molecule has 4 unspecified atom stereocenters. The molecule has 3 aliphatic rings. The molecule has 21 heavy (non-hydrogen) atoms. The third-order valence-electron chi connectivity index (χ3n) is 5.67. The van der Waals surface area contributed by atoms with Gasteiger partial charge in [0.25, 0.3) is 0 Å². The van der Waals surface area contributed by atoms with E-state index in [0.29, 0.717) is 35.8 Å². The van der Waals surface area contributed by atoms with Gasteiger partial charge < -0.3 is 10.1 Å². The highest BCUT2D eigenvalue weighted by molar-refractivity contribution is 5.70. The van der Waals surface area contributed by atoms with Crippen LogP contribution in [-0.2, 0) is 9.53 Å². The minimum Gasteiger partial charge on any atom is -0.462 e. The Bertz CT molecular complexity index is 381. The number of hydrogen-bond donors (Lipinski definition) is 1. The highest BCUT2D eigenvalue weighted by Gasteiger charge is 2.36. The van der Waals surface area contributed by atoms with E-state index in [1.165, 1.54) is 19.3 Å². The zero-order valence-corrected chi connectivity index (χ0v) is 13.9. The molecular weight excluding hydrogens is 262 g/mol. The number of fused-ring (bicyclic) bond motifs is 2. The predicted octanol–water partition coefficient (Wildman–Crippen LogP) is 3.67. The number of carbonyl (C=O) groups is 1. The Balaban J connectivity index is 1.48. The van der Waals surface area contributed by atoms with Gasteiger partial charge in [0.05, 0.1) is 0 Å². The fraction of sp³-hybridized carbons (Fsp3) is 0.944. The first-order valence-corrected chi connectivity index (χ1v) is 8.85. The smallest absolute Gasteiger partial charge is 0.306 e. The van der Waals surface area contributed by atoms with Crippen molar-refractivity contribution in [1.82, 2.24) is 5.32 Å². The van der Waals surface area contributed by atoms with Crippen molar-refractivity contribution in [3.8, 4) is 0 Å². The van der Waals surface area contributed by atoms with Gasteiger partial charge in [0.15, 0.2) is 0 Å². The van der Waals surface area contributed by atoms with Gasteiger partial charge in [-0.05, 0) is 62.2 Å². The molecule has 2 heterocycles. The third kappa shape index (κ3) is 4.00. The van der Waals surface area contributed by atoms with Crippen molar-refractivity contribution >= 4 is 5.97 Å². The maximum absolute atomic E-state index is 12.3. The van der Waals surface area contributed by atoms with Crippen LogP contribution in [0.4, 0.5) is 0 Å². The molecule has 120 valence electrons. The fourth-order valence-corrected chi connectivity index (χ4v) is 5.16. The van der Waals surface area contributed by atoms with Gasteiger partial charge in [0.2, 0.25) is 0 Å². The number of piperidine rings is 1. The van der Waals surface area contributed by atoms with E-state index in [-0.39, 0.29) is 12.1 Å². The van der Waals surface area contributed by atoms with Gasteiger partial charge in [0, 0.05) is 18.5 Å². The number of esters is 1. The zero-order chi connectivity index (χ0) is 15.0. The number of carbonyl (C=O) groups excluding carboxylic acids is 1. The van der Waals surface area contributed by atoms with Crippen LogP contribution in [0.3, 0.4) is 0 Å². The van der Waals surface area contributed by atoms with Crippen LogP contribution in [0.15, 0.2) is 0 Å². The molecular formula is C18H31NO2. The van der Waals surface area contributed by atoms with E-state index in [1.54, 1.807) is 0 Å². The van der Waals surface area contributed by atoms with Gasteiger partial charge in [-0.1, -0.05) is 20.8 Å². The highest BCUT2D eigenvalue weighted by atomic mass is 16.5. The zero-order valence-electron chi connectivity index (χ0n) is 13.9. The lowest BCUT2D eigenvalue weighted by Gasteiger charge is -2.38. The lowest BCUT2D eigenvalue weighted by Crippen LogP contribution is -2.39. The topological polar surface area (TPSA) is 38.3 Å². The molecule has 0 radical (unpaired) electrons. The van der Waals surface area contributed by atoms with E-state index >= 15 is 0 Å². The molecule has 2 saturated heterocycles. The quantitative estimate of drug-likeness (QED) is 0.807. The van der Waals surface area contributed by atoms with E-state index < -0.39 is 0 Å². The monoisotopic (exact) mass is 293 g/mol. The predicted molar refractivity (Wildman–Crippen MR) is 84.0 cm³/mol. The van der Waals surface area contributed by atoms with Gasteiger partial charge in [0.1, 0.15) is 6.10 Å². The van der Waals surface area contributed by atoms with Crippen LogP contribution in [0, 0.1) is 17.3 Å². The van der Waals surface area contributed by atoms with Crippen LogP contribution in [0.2, 0.25) is 0 Å². The van der Waals surface area contributed by atoms with Gasteiger partial charge in [-0.15, -0.1) is 0 Å². The van der Waals surface area contributed by atoms with Crippen molar-refractivity contribution in [3.05, 3.63) is 0 Å². The molecule has 0 aromatic heterocycles. The minimum atomic E-state index is 0.0520. The molecule has 1 saturated carbocycles. The summed E-state index contributed by atoms with van der Waals surface area (Å²) < 4.78 is 5.83. The largest absolute Gasteiger partial charge is 0.462 e. The maximum Gasteiger partial charge on any atom is 0.306 e. The van der Waals surface area contributed by atoms with Crippen LogP contribution in [0.5, 0.6) is 0 Å². The minimum absolute atomic E-state index is 0.0520. The SMILES string of the molecule is CC1CC(OC(=O)CC2CC3CCC(C2)N3)CC(C)(C)C1. The molecule has 3 heteroatoms. The summed E-state index contributed by atoms with van der Waals surface area (Å²) in [5.41, 5.74) is 0.316. The average Bonchev–Trinajstić information content (AvgIpc) is 2.65. The molecule has 3 fully saturated rings. The van der Waals surface area contributed by atoms with Gasteiger partial charge in [-0.3, -0.25) is 4.79 Å². The summed E-state index contributed by atoms with van der Waals surface area (Å²) in [6, 6.07) is 1.32. The Hall–Kier alpha value is -0.570. The van der Waals surface area contributed by atoms with Crippen LogP contribution in [-0.4, -0.2) is 24.2 Å². The van der Waals surface area contributed by atoms with Crippen LogP contribution < -0.4 is 5.32 Å². The van der Waals surface area contributed by atoms with E-state index in [1.807, 2.05) is 0 Å². The number of rotatable bonds is 3. The average molecular weight is 293 g/mol. The van der Waals surface area contributed by atoms with E-state index in [2.05, 4.69) is 26.1 Å². The molecule has 1 N–H and O–H groups in total. The second-order valence-corrected chi connectivity index (χ2v) is 8.70. The summed E-state index contributed by atoms with van der Waals surface area (Å²) in [6.07, 6.45) is 9.03. The van der Waals surface area contributed by atoms with Crippen molar-refractivity contribution in [3.63, 3.8) is 0 Å². The normalized spacial score (nSPS) is 41.8. The van der Waals surface area contributed by atoms with Gasteiger partial charge >= 0.3 is 5.97 Å². The first-order chi connectivity index (χ1) is 9.89. The molecule has 3 rings (SSSR count). The number of ether oxygens (including phenoxy) is 1. The standard InChI is InChI=1S/C18H31NO2/c1-12-6-16(11-18(2,3)10-12)21-17(20)9-13-7-14-4-5-15(8-13)19-14/h12-16,19H,4-11H2,1-3H3. The molecule has 0 aromatic rings. The van der Waals surface area contributed by atoms with Crippen molar-refractivity contribution in [1.29, 1.82) is 0 Å². The molecule has 3 nitrogen and oxygen atoms in total. The number of hydrogen-bond acceptors (Lipinski definition) is 3. The maximum atomic E-state index is 12.3. The van der Waals surface area contributed by atoms with Crippen LogP contribution in [0.25, 0.3) is 0 Å². The summed E-state index contributed by atoms with van der Waals surface area (Å²) in [4.78, 5) is 12.3. The van der Waals surface area contributed by atoms with Crippen LogP contribution in [0.1, 0.15) is 72.1 Å². The first kappa shape index (κ1) is 15.3. The number of nitrogens with one attached hydrogen (secondary N) is 1. The highest BCUT2D eigenvalue weighted by Crippen LogP contribution is 2.40. The Morgan fingerprint density at radius 2 is 1.81 bits per heavy atom. The van der Waals surface area contributed by atoms with Gasteiger partial charge in [-0.25, -0.2) is 0 Å². The molecule has 2 bridgehead atoms. The van der Waals surface area contributed by atoms with E-state index in [4.69, 9.17) is 4.74 Å². The summed E-state index contributed by atoms with van der Waals surface area (Å²) >= 11 is 0. The lowest BCUT2D eigenvalue weighted by atomic mass is 9.71. The molecule has 0 aromatic carbocycles. The lowest BCUT2D eigenvalue weighted by molar-refractivity contribution is -0.154. The first-order valence-electron chi connectivity index (χ1n) is 8.85. The van der Waals surface area contributed by atoms with Crippen molar-refractivity contribution in [2.24, 2.45) is 17.3 Å². The molecule has 4 atom stereocenters. The molecule has 0 spiro atoms. The molecule has 0 amide bonds. The summed E-state index contributed by atoms with van der Waals surface area (Å²) in [7, 11) is 0. The van der Waals surface area contributed by atoms with Crippen molar-refractivity contribution in [2.75, 3.05) is 0 Å². The summed E-state index contributed by atoms with van der Waals surface area (Å²) in [5.74, 6) is 1.27. The van der Waals surface area contributed by atoms with Crippen molar-refractivity contribution in [2.45, 2.75) is 90.3 Å². The molecule has 2 aliphatic heterocycles. The van der Waals surface area contributed by atoms with E-state index in [0.717, 1.165) is 25.7 Å².